The molecule has 0 aliphatic carbocycles. The van der Waals surface area contributed by atoms with E-state index >= 15 is 0 Å². The predicted octanol–water partition coefficient (Wildman–Crippen LogP) is 3.68. The number of hydrogen-bond donors (Lipinski definition) is 1. The summed E-state index contributed by atoms with van der Waals surface area (Å²) in [7, 11) is 0. The number of amides is 3. The number of hydrogen-bond acceptors (Lipinski definition) is 6. The Labute approximate surface area is 175 Å². The van der Waals surface area contributed by atoms with Gasteiger partial charge in [0.05, 0.1) is 17.1 Å². The largest absolute Gasteiger partial charge is 0.462 e. The third-order valence-electron chi connectivity index (χ3n) is 4.05. The van der Waals surface area contributed by atoms with Crippen molar-refractivity contribution < 1.29 is 28.3 Å². The van der Waals surface area contributed by atoms with Crippen molar-refractivity contribution in [2.75, 3.05) is 18.5 Å². The molecule has 30 heavy (non-hydrogen) atoms. The van der Waals surface area contributed by atoms with Gasteiger partial charge in [0.15, 0.2) is 0 Å². The van der Waals surface area contributed by atoms with Gasteiger partial charge < -0.3 is 10.1 Å². The van der Waals surface area contributed by atoms with Crippen LogP contribution in [0, 0.1) is 5.82 Å². The van der Waals surface area contributed by atoms with Gasteiger partial charge in [-0.1, -0.05) is 18.2 Å². The van der Waals surface area contributed by atoms with Crippen LogP contribution in [-0.4, -0.2) is 41.1 Å². The zero-order valence-corrected chi connectivity index (χ0v) is 16.7. The Kier molecular flexibility index (Phi) is 6.63. The number of imide groups is 1. The lowest BCUT2D eigenvalue weighted by molar-refractivity contribution is -0.127. The molecule has 0 bridgehead atoms. The van der Waals surface area contributed by atoms with Gasteiger partial charge in [-0.25, -0.2) is 9.18 Å². The summed E-state index contributed by atoms with van der Waals surface area (Å²) in [5, 5.41) is 1.94. The summed E-state index contributed by atoms with van der Waals surface area (Å²) < 4.78 is 18.7. The summed E-state index contributed by atoms with van der Waals surface area (Å²) in [4.78, 5) is 49.3. The van der Waals surface area contributed by atoms with E-state index in [2.05, 4.69) is 5.32 Å². The number of esters is 1. The summed E-state index contributed by atoms with van der Waals surface area (Å²) in [5.74, 6) is -2.25. The fourth-order valence-corrected chi connectivity index (χ4v) is 3.45. The highest BCUT2D eigenvalue weighted by Crippen LogP contribution is 2.32. The van der Waals surface area contributed by atoms with Crippen molar-refractivity contribution in [2.45, 2.75) is 6.92 Å². The highest BCUT2D eigenvalue weighted by molar-refractivity contribution is 8.18. The molecule has 0 atom stereocenters. The highest BCUT2D eigenvalue weighted by Gasteiger charge is 2.36. The van der Waals surface area contributed by atoms with Gasteiger partial charge in [0.1, 0.15) is 12.4 Å². The summed E-state index contributed by atoms with van der Waals surface area (Å²) >= 11 is 0.644. The Morgan fingerprint density at radius 3 is 2.50 bits per heavy atom. The number of halogens is 1. The minimum absolute atomic E-state index is 0.0386. The number of rotatable bonds is 6. The smallest absolute Gasteiger partial charge is 0.338 e. The molecule has 0 radical (unpaired) electrons. The number of nitrogens with zero attached hydrogens (tertiary/aromatic N) is 1. The summed E-state index contributed by atoms with van der Waals surface area (Å²) in [6.07, 6.45) is 1.28. The zero-order valence-electron chi connectivity index (χ0n) is 15.9. The lowest BCUT2D eigenvalue weighted by atomic mass is 10.2. The molecule has 0 aromatic heterocycles. The molecule has 1 fully saturated rings. The van der Waals surface area contributed by atoms with Gasteiger partial charge >= 0.3 is 5.97 Å². The lowest BCUT2D eigenvalue weighted by Crippen LogP contribution is -2.36. The molecule has 154 valence electrons. The van der Waals surface area contributed by atoms with Gasteiger partial charge in [0.2, 0.25) is 5.91 Å². The van der Waals surface area contributed by atoms with E-state index in [1.165, 1.54) is 48.5 Å². The summed E-state index contributed by atoms with van der Waals surface area (Å²) in [6, 6.07) is 11.9. The third kappa shape index (κ3) is 4.93. The standard InChI is InChI=1S/C21H17FN2O5S/c1-2-29-20(27)13-7-9-15(10-8-13)23-18(25)12-24-19(26)17(30-21(24)28)11-14-5-3-4-6-16(14)22/h3-11H,2,12H2,1H3,(H,23,25)/b17-11-. The molecule has 1 saturated heterocycles. The van der Waals surface area contributed by atoms with Crippen LogP contribution in [0.3, 0.4) is 0 Å². The first-order valence-electron chi connectivity index (χ1n) is 8.96. The molecule has 2 aromatic carbocycles. The number of ether oxygens (including phenoxy) is 1. The van der Waals surface area contributed by atoms with E-state index < -0.39 is 35.4 Å². The predicted molar refractivity (Wildman–Crippen MR) is 110 cm³/mol. The van der Waals surface area contributed by atoms with Gasteiger partial charge in [-0.2, -0.15) is 0 Å². The molecule has 0 spiro atoms. The minimum Gasteiger partial charge on any atom is -0.462 e. The van der Waals surface area contributed by atoms with Crippen LogP contribution in [0.1, 0.15) is 22.8 Å². The van der Waals surface area contributed by atoms with Crippen molar-refractivity contribution in [3.05, 3.63) is 70.4 Å². The number of benzene rings is 2. The van der Waals surface area contributed by atoms with Gasteiger partial charge in [-0.3, -0.25) is 19.3 Å². The van der Waals surface area contributed by atoms with Crippen molar-refractivity contribution in [1.29, 1.82) is 0 Å². The second-order valence-electron chi connectivity index (χ2n) is 6.14. The Balaban J connectivity index is 1.64. The van der Waals surface area contributed by atoms with Crippen LogP contribution in [-0.2, 0) is 14.3 Å². The molecular formula is C21H17FN2O5S. The number of carbonyl (C=O) groups is 4. The second kappa shape index (κ2) is 9.36. The maximum atomic E-state index is 13.8. The molecule has 1 aliphatic heterocycles. The van der Waals surface area contributed by atoms with Crippen molar-refractivity contribution in [1.82, 2.24) is 4.90 Å². The van der Waals surface area contributed by atoms with E-state index in [0.717, 1.165) is 4.90 Å². The average molecular weight is 428 g/mol. The molecule has 0 saturated carbocycles. The van der Waals surface area contributed by atoms with Crippen LogP contribution < -0.4 is 5.32 Å². The fraction of sp³-hybridized carbons (Fsp3) is 0.143. The Morgan fingerprint density at radius 2 is 1.83 bits per heavy atom. The quantitative estimate of drug-likeness (QED) is 0.557. The van der Waals surface area contributed by atoms with Crippen LogP contribution in [0.25, 0.3) is 6.08 Å². The Morgan fingerprint density at radius 1 is 1.13 bits per heavy atom. The normalized spacial score (nSPS) is 14.9. The Bertz CT molecular complexity index is 1040. The maximum Gasteiger partial charge on any atom is 0.338 e. The van der Waals surface area contributed by atoms with Crippen LogP contribution >= 0.6 is 11.8 Å². The Hall–Kier alpha value is -3.46. The molecule has 1 aliphatic rings. The molecule has 1 N–H and O–H groups in total. The van der Waals surface area contributed by atoms with E-state index in [4.69, 9.17) is 4.74 Å². The van der Waals surface area contributed by atoms with Gasteiger partial charge in [-0.05, 0) is 55.1 Å². The first kappa shape index (κ1) is 21.3. The highest BCUT2D eigenvalue weighted by atomic mass is 32.2. The number of thioether (sulfide) groups is 1. The molecular weight excluding hydrogens is 411 g/mol. The van der Waals surface area contributed by atoms with E-state index in [1.807, 2.05) is 0 Å². The topological polar surface area (TPSA) is 92.8 Å². The van der Waals surface area contributed by atoms with Gasteiger partial charge in [0, 0.05) is 11.3 Å². The molecule has 1 heterocycles. The van der Waals surface area contributed by atoms with E-state index in [9.17, 15) is 23.6 Å². The zero-order chi connectivity index (χ0) is 21.7. The van der Waals surface area contributed by atoms with Crippen LogP contribution in [0.2, 0.25) is 0 Å². The lowest BCUT2D eigenvalue weighted by Gasteiger charge is -2.12. The van der Waals surface area contributed by atoms with Crippen LogP contribution in [0.5, 0.6) is 0 Å². The van der Waals surface area contributed by atoms with Gasteiger partial charge in [-0.15, -0.1) is 0 Å². The molecule has 7 nitrogen and oxygen atoms in total. The van der Waals surface area contributed by atoms with Gasteiger partial charge in [0.25, 0.3) is 11.1 Å². The van der Waals surface area contributed by atoms with E-state index in [1.54, 1.807) is 13.0 Å². The molecule has 3 amide bonds. The second-order valence-corrected chi connectivity index (χ2v) is 7.13. The first-order chi connectivity index (χ1) is 14.4. The minimum atomic E-state index is -0.666. The van der Waals surface area contributed by atoms with E-state index in [-0.39, 0.29) is 17.1 Å². The SMILES string of the molecule is CCOC(=O)c1ccc(NC(=O)CN2C(=O)S/C(=C\c3ccccc3F)C2=O)cc1. The monoisotopic (exact) mass is 428 g/mol. The van der Waals surface area contributed by atoms with Crippen molar-refractivity contribution in [3.63, 3.8) is 0 Å². The molecule has 2 aromatic rings. The fourth-order valence-electron chi connectivity index (χ4n) is 2.62. The van der Waals surface area contributed by atoms with E-state index in [0.29, 0.717) is 23.0 Å². The third-order valence-corrected chi connectivity index (χ3v) is 4.95. The van der Waals surface area contributed by atoms with Crippen LogP contribution in [0.4, 0.5) is 14.9 Å². The van der Waals surface area contributed by atoms with Crippen molar-refractivity contribution >= 4 is 46.5 Å². The maximum absolute atomic E-state index is 13.8. The van der Waals surface area contributed by atoms with Crippen molar-refractivity contribution in [3.8, 4) is 0 Å². The van der Waals surface area contributed by atoms with Crippen LogP contribution in [0.15, 0.2) is 53.4 Å². The first-order valence-corrected chi connectivity index (χ1v) is 9.77. The number of anilines is 1. The molecule has 9 heteroatoms. The number of carbonyl (C=O) groups excluding carboxylic acids is 4. The number of nitrogens with one attached hydrogen (secondary N) is 1. The molecule has 0 unspecified atom stereocenters. The molecule has 3 rings (SSSR count). The summed E-state index contributed by atoms with van der Waals surface area (Å²) in [5.41, 5.74) is 0.898. The van der Waals surface area contributed by atoms with Crippen molar-refractivity contribution in [2.24, 2.45) is 0 Å². The average Bonchev–Trinajstić information content (AvgIpc) is 2.98. The summed E-state index contributed by atoms with van der Waals surface area (Å²) in [6.45, 7) is 1.46.